The van der Waals surface area contributed by atoms with E-state index in [0.717, 1.165) is 16.7 Å². The third-order valence-corrected chi connectivity index (χ3v) is 18.2. The second-order valence-electron chi connectivity index (χ2n) is 23.6. The van der Waals surface area contributed by atoms with Crippen LogP contribution in [-0.2, 0) is 107 Å². The van der Waals surface area contributed by atoms with Crippen molar-refractivity contribution in [3.05, 3.63) is 224 Å². The van der Waals surface area contributed by atoms with Gasteiger partial charge in [0, 0.05) is 41.6 Å². The van der Waals surface area contributed by atoms with Gasteiger partial charge in [0.1, 0.15) is 79.1 Å². The minimum Gasteiger partial charge on any atom is -0.463 e. The van der Waals surface area contributed by atoms with Crippen molar-refractivity contribution in [3.63, 3.8) is 0 Å². The molecule has 22 nitrogen and oxygen atoms in total. The molecule has 0 aliphatic carbocycles. The molecule has 4 aliphatic rings. The maximum Gasteiger partial charge on any atom is 0.338 e. The lowest BCUT2D eigenvalue weighted by molar-refractivity contribution is -0.382. The number of hydrogen-bond acceptors (Lipinski definition) is 21. The molecule has 25 heteroatoms. The van der Waals surface area contributed by atoms with Gasteiger partial charge in [-0.3, -0.25) is 9.59 Å². The van der Waals surface area contributed by atoms with Crippen LogP contribution in [0.5, 0.6) is 0 Å². The zero-order valence-electron chi connectivity index (χ0n) is 54.2. The Balaban J connectivity index is 1.08. The van der Waals surface area contributed by atoms with E-state index in [1.165, 1.54) is 25.6 Å². The first-order valence-corrected chi connectivity index (χ1v) is 34.0. The van der Waals surface area contributed by atoms with Crippen LogP contribution < -0.4 is 0 Å². The topological polar surface area (TPSA) is 255 Å². The molecule has 516 valence electrons. The molecule has 97 heavy (non-hydrogen) atoms. The van der Waals surface area contributed by atoms with Crippen molar-refractivity contribution >= 4 is 58.8 Å². The van der Waals surface area contributed by atoms with Crippen LogP contribution in [0.1, 0.15) is 90.4 Å². The normalized spacial score (nSPS) is 28.7. The van der Waals surface area contributed by atoms with Gasteiger partial charge in [0.25, 0.3) is 0 Å². The van der Waals surface area contributed by atoms with Crippen LogP contribution in [0.4, 0.5) is 0 Å². The molecule has 0 N–H and O–H groups in total. The number of thioether (sulfide) groups is 1. The molecule has 0 spiro atoms. The van der Waals surface area contributed by atoms with Gasteiger partial charge in [-0.2, -0.15) is 0 Å². The number of nitrogens with zero attached hydrogens (tertiary/aromatic N) is 3. The highest BCUT2D eigenvalue weighted by atomic mass is 35.5. The molecular weight excluding hydrogens is 1310 g/mol. The largest absolute Gasteiger partial charge is 0.463 e. The molecule has 4 fully saturated rings. The van der Waals surface area contributed by atoms with E-state index in [1.54, 1.807) is 111 Å². The lowest BCUT2D eigenvalue weighted by Crippen LogP contribution is -2.67. The lowest BCUT2D eigenvalue weighted by atomic mass is 9.95. The minimum atomic E-state index is -1.69. The van der Waals surface area contributed by atoms with Gasteiger partial charge in [0.15, 0.2) is 25.0 Å². The summed E-state index contributed by atoms with van der Waals surface area (Å²) in [6, 6.07) is 48.8. The second kappa shape index (κ2) is 36.2. The Hall–Kier alpha value is -7.00. The average Bonchev–Trinajstić information content (AvgIpc) is 0.763. The van der Waals surface area contributed by atoms with Crippen molar-refractivity contribution in [1.29, 1.82) is 0 Å². The monoisotopic (exact) mass is 1390 g/mol. The van der Waals surface area contributed by atoms with Gasteiger partial charge < -0.3 is 71.1 Å². The van der Waals surface area contributed by atoms with Gasteiger partial charge in [0.05, 0.1) is 56.4 Å². The van der Waals surface area contributed by atoms with Gasteiger partial charge in [-0.25, -0.2) is 9.59 Å². The third kappa shape index (κ3) is 20.6. The van der Waals surface area contributed by atoms with E-state index in [0.29, 0.717) is 32.5 Å². The fraction of sp³-hybridized carbons (Fsp3) is 0.444. The zero-order valence-corrected chi connectivity index (χ0v) is 56.5. The van der Waals surface area contributed by atoms with Crippen LogP contribution in [0.15, 0.2) is 175 Å². The summed E-state index contributed by atoms with van der Waals surface area (Å²) in [4.78, 5) is 57.3. The van der Waals surface area contributed by atoms with E-state index in [1.807, 2.05) is 79.7 Å². The predicted octanol–water partition coefficient (Wildman–Crippen LogP) is 12.5. The Kier molecular flexibility index (Phi) is 27.1. The van der Waals surface area contributed by atoms with E-state index in [4.69, 9.17) is 94.3 Å². The maximum atomic E-state index is 13.8. The van der Waals surface area contributed by atoms with E-state index in [9.17, 15) is 24.7 Å². The fourth-order valence-electron chi connectivity index (χ4n) is 11.7. The number of carbonyl (C=O) groups is 4. The first-order chi connectivity index (χ1) is 47.1. The van der Waals surface area contributed by atoms with E-state index in [-0.39, 0.29) is 45.9 Å². The number of esters is 4. The standard InChI is InChI=1S/C72H79Cl2N3O19S/c1-6-97-72-61(76-77-75)64(62(59(93-72)41-82-37-47-19-11-7-12-20-47)94-69-57(84-38-49-27-31-53(73)32-28-49)35-55(43(2)87-69)90-67(80)51-23-15-9-16-24-51)95-71-66(65(86-40-48-21-13-8-14-22-48)63(89-46(5)79)60(92-71)42-83-45(4)78)96-70-58(85-39-50-29-33-54(74)34-30-50)36-56(44(3)88-70)91-68(81)52-25-17-10-18-26-52/h7-34,43-44,55-66,69-72H,6,35-42H2,1-5H3/t43-,44-,55-,56-,57-,58-,59+,60+,61+,62+,63-,64+,65-,66+,69-,70-,71-,72-/m0/s1. The van der Waals surface area contributed by atoms with Gasteiger partial charge in [-0.05, 0) is 95.9 Å². The third-order valence-electron chi connectivity index (χ3n) is 16.6. The number of hydrogen-bond donors (Lipinski definition) is 0. The molecule has 6 aromatic rings. The van der Waals surface area contributed by atoms with Crippen molar-refractivity contribution in [2.75, 3.05) is 19.0 Å². The predicted molar refractivity (Wildman–Crippen MR) is 356 cm³/mol. The van der Waals surface area contributed by atoms with E-state index in [2.05, 4.69) is 10.0 Å². The number of carbonyl (C=O) groups excluding carboxylic acids is 4. The smallest absolute Gasteiger partial charge is 0.338 e. The molecule has 10 rings (SSSR count). The summed E-state index contributed by atoms with van der Waals surface area (Å²) in [7, 11) is 0. The number of benzene rings is 6. The molecule has 4 saturated heterocycles. The summed E-state index contributed by atoms with van der Waals surface area (Å²) < 4.78 is 101. The highest BCUT2D eigenvalue weighted by Crippen LogP contribution is 2.42. The first kappa shape index (κ1) is 72.7. The molecule has 0 unspecified atom stereocenters. The second-order valence-corrected chi connectivity index (χ2v) is 25.9. The van der Waals surface area contributed by atoms with Crippen LogP contribution >= 0.6 is 35.0 Å². The molecule has 18 atom stereocenters. The van der Waals surface area contributed by atoms with Crippen LogP contribution in [0.2, 0.25) is 10.0 Å². The minimum absolute atomic E-state index is 0.00989. The number of rotatable bonds is 29. The molecule has 4 heterocycles. The van der Waals surface area contributed by atoms with Gasteiger partial charge >= 0.3 is 23.9 Å². The van der Waals surface area contributed by atoms with Crippen LogP contribution in [0.25, 0.3) is 10.4 Å². The Morgan fingerprint density at radius 2 is 0.948 bits per heavy atom. The molecule has 0 radical (unpaired) electrons. The quantitative estimate of drug-likeness (QED) is 0.0139. The molecule has 0 aromatic heterocycles. The Labute approximate surface area is 577 Å². The number of ether oxygens (including phenoxy) is 15. The van der Waals surface area contributed by atoms with Crippen LogP contribution in [0.3, 0.4) is 0 Å². The molecule has 4 aliphatic heterocycles. The highest BCUT2D eigenvalue weighted by molar-refractivity contribution is 7.99. The summed E-state index contributed by atoms with van der Waals surface area (Å²) in [6.45, 7) is 7.32. The summed E-state index contributed by atoms with van der Waals surface area (Å²) in [5, 5.41) is 5.45. The van der Waals surface area contributed by atoms with Gasteiger partial charge in [-0.1, -0.05) is 157 Å². The summed E-state index contributed by atoms with van der Waals surface area (Å²) >= 11 is 14.0. The first-order valence-electron chi connectivity index (χ1n) is 32.2. The van der Waals surface area contributed by atoms with Crippen molar-refractivity contribution in [2.45, 2.75) is 184 Å². The van der Waals surface area contributed by atoms with Crippen molar-refractivity contribution in [2.24, 2.45) is 5.11 Å². The van der Waals surface area contributed by atoms with E-state index < -0.39 is 140 Å². The zero-order chi connectivity index (χ0) is 68.2. The van der Waals surface area contributed by atoms with E-state index >= 15 is 0 Å². The molecule has 6 aromatic carbocycles. The molecule has 0 saturated carbocycles. The van der Waals surface area contributed by atoms with Crippen LogP contribution in [-0.4, -0.2) is 153 Å². The summed E-state index contributed by atoms with van der Waals surface area (Å²) in [5.41, 5.74) is 13.5. The Morgan fingerprint density at radius 3 is 1.43 bits per heavy atom. The summed E-state index contributed by atoms with van der Waals surface area (Å²) in [5.74, 6) is -2.12. The van der Waals surface area contributed by atoms with Crippen molar-refractivity contribution < 1.29 is 90.2 Å². The number of azide groups is 1. The highest BCUT2D eigenvalue weighted by Gasteiger charge is 2.57. The lowest BCUT2D eigenvalue weighted by Gasteiger charge is -2.51. The van der Waals surface area contributed by atoms with Crippen molar-refractivity contribution in [1.82, 2.24) is 0 Å². The maximum absolute atomic E-state index is 13.8. The average molecular weight is 1390 g/mol. The SMILES string of the molecule is CCS[C@@H]1O[C@H](COCc2ccccc2)[C@@H](O[C@@H]2O[C@@H](C)[C@@H](OC(=O)c3ccccc3)C[C@@H]2OCc2ccc(Cl)cc2)[C@H](O[C@@H]2O[C@H](COC(C)=O)[C@H](OC(C)=O)[C@H](OCc3ccccc3)[C@H]2O[C@@H]2O[C@@H](C)[C@@H](OC(=O)c3ccccc3)C[C@@H]2OCc2ccc(Cl)cc2)[C@H]1N=[N+]=[N-]. The molecule has 0 bridgehead atoms. The molecule has 0 amide bonds. The van der Waals surface area contributed by atoms with Gasteiger partial charge in [-0.15, -0.1) is 11.8 Å². The Bertz CT molecular complexity index is 3500. The molecular formula is C72H79Cl2N3O19S. The van der Waals surface area contributed by atoms with Crippen LogP contribution in [0, 0.1) is 0 Å². The van der Waals surface area contributed by atoms with Gasteiger partial charge in [0.2, 0.25) is 0 Å². The summed E-state index contributed by atoms with van der Waals surface area (Å²) in [6.07, 6.45) is -19.1. The van der Waals surface area contributed by atoms with Crippen molar-refractivity contribution in [3.8, 4) is 0 Å². The Morgan fingerprint density at radius 1 is 0.495 bits per heavy atom. The fourth-order valence-corrected chi connectivity index (χ4v) is 12.9. The number of halogens is 2.